The van der Waals surface area contributed by atoms with Gasteiger partial charge in [0.2, 0.25) is 29.1 Å². The summed E-state index contributed by atoms with van der Waals surface area (Å²) in [5, 5.41) is 0. The van der Waals surface area contributed by atoms with Crippen molar-refractivity contribution in [1.82, 2.24) is 0 Å². The standard InChI is InChI=1S/C11H9F5O3/c1-2-5(17)18-3-4-19-11-9(15)7(13)6(12)8(14)10(11)16/h2-4H2,1H3. The van der Waals surface area contributed by atoms with Gasteiger partial charge >= 0.3 is 5.97 Å². The fourth-order valence-electron chi connectivity index (χ4n) is 1.11. The largest absolute Gasteiger partial charge is 0.484 e. The Morgan fingerprint density at radius 1 is 0.895 bits per heavy atom. The van der Waals surface area contributed by atoms with Crippen LogP contribution in [0.25, 0.3) is 0 Å². The highest BCUT2D eigenvalue weighted by molar-refractivity contribution is 5.68. The lowest BCUT2D eigenvalue weighted by Gasteiger charge is -2.10. The van der Waals surface area contributed by atoms with Gasteiger partial charge in [-0.25, -0.2) is 13.2 Å². The Hall–Kier alpha value is -1.86. The van der Waals surface area contributed by atoms with Crippen molar-refractivity contribution in [2.45, 2.75) is 13.3 Å². The van der Waals surface area contributed by atoms with Gasteiger partial charge in [0.1, 0.15) is 13.2 Å². The fraction of sp³-hybridized carbons (Fsp3) is 0.364. The van der Waals surface area contributed by atoms with E-state index in [-0.39, 0.29) is 13.0 Å². The molecule has 0 radical (unpaired) electrons. The Kier molecular flexibility index (Phi) is 5.08. The summed E-state index contributed by atoms with van der Waals surface area (Å²) in [4.78, 5) is 10.7. The molecule has 0 N–H and O–H groups in total. The molecular formula is C11H9F5O3. The summed E-state index contributed by atoms with van der Waals surface area (Å²) in [7, 11) is 0. The van der Waals surface area contributed by atoms with Gasteiger partial charge in [-0.05, 0) is 0 Å². The van der Waals surface area contributed by atoms with Crippen molar-refractivity contribution < 1.29 is 36.2 Å². The molecule has 0 aliphatic carbocycles. The van der Waals surface area contributed by atoms with Crippen LogP contribution in [0.15, 0.2) is 0 Å². The Morgan fingerprint density at radius 3 is 1.84 bits per heavy atom. The van der Waals surface area contributed by atoms with E-state index < -0.39 is 47.4 Å². The Balaban J connectivity index is 2.77. The maximum atomic E-state index is 13.1. The van der Waals surface area contributed by atoms with Gasteiger partial charge in [-0.15, -0.1) is 0 Å². The smallest absolute Gasteiger partial charge is 0.305 e. The maximum Gasteiger partial charge on any atom is 0.305 e. The van der Waals surface area contributed by atoms with E-state index in [1.54, 1.807) is 0 Å². The summed E-state index contributed by atoms with van der Waals surface area (Å²) < 4.78 is 73.3. The van der Waals surface area contributed by atoms with E-state index in [4.69, 9.17) is 0 Å². The first-order valence-corrected chi connectivity index (χ1v) is 5.20. The summed E-state index contributed by atoms with van der Waals surface area (Å²) in [5.74, 6) is -12.6. The lowest BCUT2D eigenvalue weighted by Crippen LogP contribution is -2.14. The molecule has 0 amide bonds. The first kappa shape index (κ1) is 15.2. The highest BCUT2D eigenvalue weighted by Crippen LogP contribution is 2.28. The number of benzene rings is 1. The lowest BCUT2D eigenvalue weighted by molar-refractivity contribution is -0.143. The monoisotopic (exact) mass is 284 g/mol. The minimum atomic E-state index is -2.26. The van der Waals surface area contributed by atoms with Gasteiger partial charge < -0.3 is 9.47 Å². The fourth-order valence-corrected chi connectivity index (χ4v) is 1.11. The van der Waals surface area contributed by atoms with Crippen LogP contribution in [-0.2, 0) is 9.53 Å². The molecule has 0 spiro atoms. The molecule has 1 aromatic rings. The van der Waals surface area contributed by atoms with Gasteiger partial charge in [0.15, 0.2) is 5.75 Å². The van der Waals surface area contributed by atoms with Crippen LogP contribution in [0.4, 0.5) is 22.0 Å². The minimum Gasteiger partial charge on any atom is -0.484 e. The van der Waals surface area contributed by atoms with Crippen LogP contribution < -0.4 is 4.74 Å². The molecule has 3 nitrogen and oxygen atoms in total. The van der Waals surface area contributed by atoms with E-state index in [1.807, 2.05) is 0 Å². The second-order valence-electron chi connectivity index (χ2n) is 3.32. The van der Waals surface area contributed by atoms with Crippen LogP contribution in [-0.4, -0.2) is 19.2 Å². The molecule has 106 valence electrons. The summed E-state index contributed by atoms with van der Waals surface area (Å²) in [6.45, 7) is 0.615. The van der Waals surface area contributed by atoms with Crippen molar-refractivity contribution in [3.63, 3.8) is 0 Å². The number of ether oxygens (including phenoxy) is 2. The van der Waals surface area contributed by atoms with Crippen molar-refractivity contribution in [3.8, 4) is 5.75 Å². The molecule has 0 saturated heterocycles. The summed E-state index contributed by atoms with van der Waals surface area (Å²) in [6.07, 6.45) is 0.0858. The zero-order valence-electron chi connectivity index (χ0n) is 9.74. The number of esters is 1. The number of hydrogen-bond acceptors (Lipinski definition) is 3. The molecule has 0 aromatic heterocycles. The quantitative estimate of drug-likeness (QED) is 0.274. The molecule has 0 saturated carbocycles. The van der Waals surface area contributed by atoms with Gasteiger partial charge in [0.25, 0.3) is 0 Å². The molecule has 0 heterocycles. The van der Waals surface area contributed by atoms with Crippen molar-refractivity contribution >= 4 is 5.97 Å². The van der Waals surface area contributed by atoms with E-state index in [1.165, 1.54) is 6.92 Å². The first-order valence-electron chi connectivity index (χ1n) is 5.20. The van der Waals surface area contributed by atoms with Gasteiger partial charge in [-0.2, -0.15) is 8.78 Å². The molecule has 1 aromatic carbocycles. The molecule has 1 rings (SSSR count). The molecule has 0 aliphatic rings. The van der Waals surface area contributed by atoms with Gasteiger partial charge in [0, 0.05) is 6.42 Å². The van der Waals surface area contributed by atoms with Crippen LogP contribution in [0.3, 0.4) is 0 Å². The summed E-state index contributed by atoms with van der Waals surface area (Å²) in [5.41, 5.74) is 0. The number of rotatable bonds is 5. The third-order valence-electron chi connectivity index (χ3n) is 2.05. The van der Waals surface area contributed by atoms with Crippen molar-refractivity contribution in [2.75, 3.05) is 13.2 Å². The second kappa shape index (κ2) is 6.35. The van der Waals surface area contributed by atoms with Crippen LogP contribution in [0.5, 0.6) is 5.75 Å². The Bertz CT molecular complexity index is 461. The Morgan fingerprint density at radius 2 is 1.37 bits per heavy atom. The molecule has 0 unspecified atom stereocenters. The summed E-state index contributed by atoms with van der Waals surface area (Å²) in [6, 6.07) is 0. The van der Waals surface area contributed by atoms with Gasteiger partial charge in [0.05, 0.1) is 0 Å². The molecule has 0 atom stereocenters. The first-order chi connectivity index (χ1) is 8.90. The number of halogens is 5. The minimum absolute atomic E-state index is 0.0858. The van der Waals surface area contributed by atoms with Crippen LogP contribution in [0.1, 0.15) is 13.3 Å². The molecule has 0 fully saturated rings. The highest BCUT2D eigenvalue weighted by atomic mass is 19.2. The Labute approximate surface area is 104 Å². The van der Waals surface area contributed by atoms with Crippen LogP contribution in [0, 0.1) is 29.1 Å². The SMILES string of the molecule is CCC(=O)OCCOc1c(F)c(F)c(F)c(F)c1F. The molecule has 8 heteroatoms. The normalized spacial score (nSPS) is 10.4. The van der Waals surface area contributed by atoms with Crippen molar-refractivity contribution in [3.05, 3.63) is 29.1 Å². The lowest BCUT2D eigenvalue weighted by atomic mass is 10.2. The predicted molar refractivity (Wildman–Crippen MR) is 53.0 cm³/mol. The van der Waals surface area contributed by atoms with Crippen molar-refractivity contribution in [2.24, 2.45) is 0 Å². The van der Waals surface area contributed by atoms with E-state index >= 15 is 0 Å². The van der Waals surface area contributed by atoms with E-state index in [2.05, 4.69) is 9.47 Å². The predicted octanol–water partition coefficient (Wildman–Crippen LogP) is 2.71. The molecular weight excluding hydrogens is 275 g/mol. The average molecular weight is 284 g/mol. The topological polar surface area (TPSA) is 35.5 Å². The zero-order valence-corrected chi connectivity index (χ0v) is 9.74. The highest BCUT2D eigenvalue weighted by Gasteiger charge is 2.26. The average Bonchev–Trinajstić information content (AvgIpc) is 2.41. The van der Waals surface area contributed by atoms with Crippen LogP contribution >= 0.6 is 0 Å². The van der Waals surface area contributed by atoms with E-state index in [9.17, 15) is 26.7 Å². The number of carbonyl (C=O) groups excluding carboxylic acids is 1. The molecule has 0 bridgehead atoms. The summed E-state index contributed by atoms with van der Waals surface area (Å²) >= 11 is 0. The third-order valence-corrected chi connectivity index (χ3v) is 2.05. The maximum absolute atomic E-state index is 13.1. The molecule has 0 aliphatic heterocycles. The zero-order chi connectivity index (χ0) is 14.6. The van der Waals surface area contributed by atoms with Gasteiger partial charge in [-0.1, -0.05) is 6.92 Å². The van der Waals surface area contributed by atoms with E-state index in [0.29, 0.717) is 0 Å². The van der Waals surface area contributed by atoms with Gasteiger partial charge in [-0.3, -0.25) is 4.79 Å². The molecule has 19 heavy (non-hydrogen) atoms. The van der Waals surface area contributed by atoms with E-state index in [0.717, 1.165) is 0 Å². The third kappa shape index (κ3) is 3.33. The number of hydrogen-bond donors (Lipinski definition) is 0. The second-order valence-corrected chi connectivity index (χ2v) is 3.32. The van der Waals surface area contributed by atoms with Crippen molar-refractivity contribution in [1.29, 1.82) is 0 Å². The number of carbonyl (C=O) groups is 1. The van der Waals surface area contributed by atoms with Crippen LogP contribution in [0.2, 0.25) is 0 Å².